The molecule has 1 fully saturated rings. The van der Waals surface area contributed by atoms with Crippen LogP contribution in [0.3, 0.4) is 0 Å². The zero-order valence-electron chi connectivity index (χ0n) is 9.65. The molecule has 2 unspecified atom stereocenters. The second-order valence-corrected chi connectivity index (χ2v) is 5.29. The van der Waals surface area contributed by atoms with E-state index >= 15 is 0 Å². The fraction of sp³-hybridized carbons (Fsp3) is 0.571. The van der Waals surface area contributed by atoms with Crippen LogP contribution < -0.4 is 4.74 Å². The van der Waals surface area contributed by atoms with Crippen LogP contribution in [0, 0.1) is 5.41 Å². The number of para-hydroxylation sites is 1. The third-order valence-electron chi connectivity index (χ3n) is 4.23. The minimum atomic E-state index is -0.180. The molecule has 1 aromatic carbocycles. The van der Waals surface area contributed by atoms with Crippen LogP contribution in [0.5, 0.6) is 5.75 Å². The van der Waals surface area contributed by atoms with Gasteiger partial charge in [0.15, 0.2) is 0 Å². The highest BCUT2D eigenvalue weighted by molar-refractivity contribution is 5.39. The maximum Gasteiger partial charge on any atom is 0.122 e. The van der Waals surface area contributed by atoms with Crippen molar-refractivity contribution in [3.63, 3.8) is 0 Å². The summed E-state index contributed by atoms with van der Waals surface area (Å²) in [6.07, 6.45) is 3.23. The lowest BCUT2D eigenvalue weighted by Gasteiger charge is -2.21. The van der Waals surface area contributed by atoms with Crippen molar-refractivity contribution in [3.05, 3.63) is 29.8 Å². The number of rotatable bonds is 3. The van der Waals surface area contributed by atoms with E-state index < -0.39 is 0 Å². The van der Waals surface area contributed by atoms with E-state index in [0.29, 0.717) is 5.92 Å². The molecule has 0 aromatic heterocycles. The van der Waals surface area contributed by atoms with Crippen molar-refractivity contribution >= 4 is 0 Å². The number of hydrogen-bond donors (Lipinski definition) is 1. The summed E-state index contributed by atoms with van der Waals surface area (Å²) in [4.78, 5) is 0. The van der Waals surface area contributed by atoms with Crippen molar-refractivity contribution in [1.29, 1.82) is 0 Å². The van der Waals surface area contributed by atoms with Gasteiger partial charge in [0.05, 0.1) is 12.7 Å². The van der Waals surface area contributed by atoms with E-state index in [4.69, 9.17) is 4.74 Å². The Kier molecular flexibility index (Phi) is 2.21. The largest absolute Gasteiger partial charge is 0.493 e. The summed E-state index contributed by atoms with van der Waals surface area (Å²) in [6.45, 7) is 2.71. The normalized spacial score (nSPS) is 27.0. The molecule has 1 saturated carbocycles. The van der Waals surface area contributed by atoms with Crippen LogP contribution in [-0.2, 0) is 0 Å². The molecule has 1 aromatic rings. The quantitative estimate of drug-likeness (QED) is 0.845. The molecule has 86 valence electrons. The SMILES string of the molecule is CC(O)C1(CC2COc3ccccc32)CC1. The third kappa shape index (κ3) is 1.52. The highest BCUT2D eigenvalue weighted by Crippen LogP contribution is 2.56. The van der Waals surface area contributed by atoms with Crippen LogP contribution in [-0.4, -0.2) is 17.8 Å². The Labute approximate surface area is 96.2 Å². The molecule has 1 aliphatic carbocycles. The second kappa shape index (κ2) is 3.49. The van der Waals surface area contributed by atoms with Gasteiger partial charge in [-0.3, -0.25) is 0 Å². The Morgan fingerprint density at radius 2 is 2.19 bits per heavy atom. The zero-order valence-corrected chi connectivity index (χ0v) is 9.65. The van der Waals surface area contributed by atoms with Crippen molar-refractivity contribution in [1.82, 2.24) is 0 Å². The van der Waals surface area contributed by atoms with Crippen LogP contribution in [0.25, 0.3) is 0 Å². The molecule has 0 saturated heterocycles. The highest BCUT2D eigenvalue weighted by Gasteiger charge is 2.49. The third-order valence-corrected chi connectivity index (χ3v) is 4.23. The van der Waals surface area contributed by atoms with Crippen molar-refractivity contribution in [2.45, 2.75) is 38.2 Å². The number of aliphatic hydroxyl groups excluding tert-OH is 1. The van der Waals surface area contributed by atoms with Gasteiger partial charge in [0.2, 0.25) is 0 Å². The van der Waals surface area contributed by atoms with Gasteiger partial charge in [0.25, 0.3) is 0 Å². The Morgan fingerprint density at radius 1 is 1.44 bits per heavy atom. The summed E-state index contributed by atoms with van der Waals surface area (Å²) in [7, 11) is 0. The lowest BCUT2D eigenvalue weighted by molar-refractivity contribution is 0.0970. The Balaban J connectivity index is 1.79. The van der Waals surface area contributed by atoms with Crippen LogP contribution in [0.15, 0.2) is 24.3 Å². The molecule has 1 N–H and O–H groups in total. The molecule has 0 spiro atoms. The standard InChI is InChI=1S/C14H18O2/c1-10(15)14(6-7-14)8-11-9-16-13-5-3-2-4-12(11)13/h2-5,10-11,15H,6-9H2,1H3. The highest BCUT2D eigenvalue weighted by atomic mass is 16.5. The van der Waals surface area contributed by atoms with E-state index in [1.54, 1.807) is 0 Å². The topological polar surface area (TPSA) is 29.5 Å². The van der Waals surface area contributed by atoms with Crippen molar-refractivity contribution < 1.29 is 9.84 Å². The van der Waals surface area contributed by atoms with E-state index in [2.05, 4.69) is 12.1 Å². The first-order valence-electron chi connectivity index (χ1n) is 6.11. The number of hydrogen-bond acceptors (Lipinski definition) is 2. The van der Waals surface area contributed by atoms with E-state index in [9.17, 15) is 5.11 Å². The Morgan fingerprint density at radius 3 is 2.88 bits per heavy atom. The molecular weight excluding hydrogens is 200 g/mol. The zero-order chi connectivity index (χ0) is 11.2. The minimum Gasteiger partial charge on any atom is -0.493 e. The van der Waals surface area contributed by atoms with Crippen LogP contribution in [0.2, 0.25) is 0 Å². The molecule has 0 radical (unpaired) electrons. The molecular formula is C14H18O2. The van der Waals surface area contributed by atoms with Crippen molar-refractivity contribution in [2.75, 3.05) is 6.61 Å². The fourth-order valence-electron chi connectivity index (χ4n) is 2.84. The van der Waals surface area contributed by atoms with E-state index in [1.807, 2.05) is 19.1 Å². The first-order valence-corrected chi connectivity index (χ1v) is 6.11. The molecule has 16 heavy (non-hydrogen) atoms. The van der Waals surface area contributed by atoms with Crippen molar-refractivity contribution in [2.24, 2.45) is 5.41 Å². The molecule has 2 heteroatoms. The van der Waals surface area contributed by atoms with Gasteiger partial charge in [-0.05, 0) is 37.7 Å². The van der Waals surface area contributed by atoms with Gasteiger partial charge in [0, 0.05) is 11.5 Å². The van der Waals surface area contributed by atoms with Crippen LogP contribution in [0.4, 0.5) is 0 Å². The van der Waals surface area contributed by atoms with Gasteiger partial charge in [0.1, 0.15) is 5.75 Å². The minimum absolute atomic E-state index is 0.180. The average molecular weight is 218 g/mol. The number of benzene rings is 1. The smallest absolute Gasteiger partial charge is 0.122 e. The molecule has 1 heterocycles. The first-order chi connectivity index (χ1) is 7.71. The Bertz CT molecular complexity index is 393. The van der Waals surface area contributed by atoms with Crippen LogP contribution >= 0.6 is 0 Å². The predicted octanol–water partition coefficient (Wildman–Crippen LogP) is 2.71. The van der Waals surface area contributed by atoms with Crippen molar-refractivity contribution in [3.8, 4) is 5.75 Å². The lowest BCUT2D eigenvalue weighted by atomic mass is 9.85. The Hall–Kier alpha value is -1.02. The van der Waals surface area contributed by atoms with Crippen LogP contribution in [0.1, 0.15) is 37.7 Å². The molecule has 0 bridgehead atoms. The van der Waals surface area contributed by atoms with Gasteiger partial charge in [-0.15, -0.1) is 0 Å². The molecule has 3 rings (SSSR count). The predicted molar refractivity (Wildman–Crippen MR) is 62.6 cm³/mol. The van der Waals surface area contributed by atoms with E-state index in [0.717, 1.165) is 18.8 Å². The van der Waals surface area contributed by atoms with Gasteiger partial charge in [-0.2, -0.15) is 0 Å². The van der Waals surface area contributed by atoms with Gasteiger partial charge >= 0.3 is 0 Å². The molecule has 1 aliphatic heterocycles. The summed E-state index contributed by atoms with van der Waals surface area (Å²) in [5.41, 5.74) is 1.51. The first kappa shape index (κ1) is 10.2. The summed E-state index contributed by atoms with van der Waals surface area (Å²) in [5.74, 6) is 1.52. The van der Waals surface area contributed by atoms with E-state index in [-0.39, 0.29) is 11.5 Å². The van der Waals surface area contributed by atoms with E-state index in [1.165, 1.54) is 18.4 Å². The average Bonchev–Trinajstić information content (AvgIpc) is 2.96. The molecule has 2 nitrogen and oxygen atoms in total. The number of ether oxygens (including phenoxy) is 1. The maximum atomic E-state index is 9.81. The maximum absolute atomic E-state index is 9.81. The molecule has 2 atom stereocenters. The number of fused-ring (bicyclic) bond motifs is 1. The summed E-state index contributed by atoms with van der Waals surface area (Å²) < 4.78 is 5.68. The molecule has 0 amide bonds. The lowest BCUT2D eigenvalue weighted by Crippen LogP contribution is -2.21. The summed E-state index contributed by atoms with van der Waals surface area (Å²) in [6, 6.07) is 8.29. The fourth-order valence-corrected chi connectivity index (χ4v) is 2.84. The van der Waals surface area contributed by atoms with Gasteiger partial charge in [-0.1, -0.05) is 18.2 Å². The number of aliphatic hydroxyl groups is 1. The second-order valence-electron chi connectivity index (χ2n) is 5.29. The van der Waals surface area contributed by atoms with Gasteiger partial charge < -0.3 is 9.84 Å². The summed E-state index contributed by atoms with van der Waals surface area (Å²) >= 11 is 0. The molecule has 2 aliphatic rings. The summed E-state index contributed by atoms with van der Waals surface area (Å²) in [5, 5.41) is 9.81. The van der Waals surface area contributed by atoms with Gasteiger partial charge in [-0.25, -0.2) is 0 Å². The monoisotopic (exact) mass is 218 g/mol.